The first-order valence-electron chi connectivity index (χ1n) is 6.12. The standard InChI is InChI=1S/C13H20N2O3/c1-11-8-12(10-13(9-11)15(16)17)14-6-4-3-5-7-18-2/h8-10,14H,3-7H2,1-2H3. The molecule has 5 heteroatoms. The highest BCUT2D eigenvalue weighted by molar-refractivity contribution is 5.53. The van der Waals surface area contributed by atoms with Gasteiger partial charge in [-0.25, -0.2) is 0 Å². The Morgan fingerprint density at radius 2 is 2.06 bits per heavy atom. The normalized spacial score (nSPS) is 10.3. The number of benzene rings is 1. The molecule has 1 N–H and O–H groups in total. The van der Waals surface area contributed by atoms with Gasteiger partial charge in [0.05, 0.1) is 4.92 Å². The summed E-state index contributed by atoms with van der Waals surface area (Å²) in [6.45, 7) is 3.47. The van der Waals surface area contributed by atoms with E-state index in [0.717, 1.165) is 43.7 Å². The van der Waals surface area contributed by atoms with Crippen molar-refractivity contribution in [2.24, 2.45) is 0 Å². The van der Waals surface area contributed by atoms with E-state index in [1.807, 2.05) is 13.0 Å². The van der Waals surface area contributed by atoms with Crippen LogP contribution < -0.4 is 5.32 Å². The van der Waals surface area contributed by atoms with E-state index in [1.54, 1.807) is 19.2 Å². The van der Waals surface area contributed by atoms with Crippen molar-refractivity contribution in [3.8, 4) is 0 Å². The summed E-state index contributed by atoms with van der Waals surface area (Å²) in [5.74, 6) is 0. The van der Waals surface area contributed by atoms with Crippen molar-refractivity contribution in [2.45, 2.75) is 26.2 Å². The van der Waals surface area contributed by atoms with E-state index in [0.29, 0.717) is 0 Å². The number of ether oxygens (including phenoxy) is 1. The Kier molecular flexibility index (Phi) is 6.14. The van der Waals surface area contributed by atoms with Gasteiger partial charge in [0.25, 0.3) is 5.69 Å². The van der Waals surface area contributed by atoms with Crippen LogP contribution in [0, 0.1) is 17.0 Å². The number of nitrogens with zero attached hydrogens (tertiary/aromatic N) is 1. The second-order valence-electron chi connectivity index (χ2n) is 4.29. The van der Waals surface area contributed by atoms with Crippen molar-refractivity contribution in [2.75, 3.05) is 25.6 Å². The summed E-state index contributed by atoms with van der Waals surface area (Å²) in [7, 11) is 1.70. The molecule has 0 atom stereocenters. The van der Waals surface area contributed by atoms with Gasteiger partial charge in [0.15, 0.2) is 0 Å². The minimum absolute atomic E-state index is 0.136. The second-order valence-corrected chi connectivity index (χ2v) is 4.29. The molecule has 100 valence electrons. The number of methoxy groups -OCH3 is 1. The third-order valence-electron chi connectivity index (χ3n) is 2.63. The number of aryl methyl sites for hydroxylation is 1. The fourth-order valence-electron chi connectivity index (χ4n) is 1.75. The highest BCUT2D eigenvalue weighted by Crippen LogP contribution is 2.20. The molecule has 18 heavy (non-hydrogen) atoms. The number of rotatable bonds is 8. The summed E-state index contributed by atoms with van der Waals surface area (Å²) in [5.41, 5.74) is 1.84. The minimum atomic E-state index is -0.364. The monoisotopic (exact) mass is 252 g/mol. The molecule has 0 aliphatic rings. The zero-order chi connectivity index (χ0) is 13.4. The fraction of sp³-hybridized carbons (Fsp3) is 0.538. The topological polar surface area (TPSA) is 64.4 Å². The van der Waals surface area contributed by atoms with Crippen LogP contribution in [0.1, 0.15) is 24.8 Å². The molecule has 0 heterocycles. The van der Waals surface area contributed by atoms with E-state index in [9.17, 15) is 10.1 Å². The first-order valence-corrected chi connectivity index (χ1v) is 6.12. The highest BCUT2D eigenvalue weighted by atomic mass is 16.6. The molecule has 0 unspecified atom stereocenters. The Bertz CT molecular complexity index is 394. The number of nitro groups is 1. The Hall–Kier alpha value is -1.62. The van der Waals surface area contributed by atoms with Crippen LogP contribution in [0.15, 0.2) is 18.2 Å². The molecule has 0 fully saturated rings. The summed E-state index contributed by atoms with van der Waals surface area (Å²) in [6, 6.07) is 5.06. The van der Waals surface area contributed by atoms with E-state index in [1.165, 1.54) is 0 Å². The number of hydrogen-bond acceptors (Lipinski definition) is 4. The predicted molar refractivity (Wildman–Crippen MR) is 72.1 cm³/mol. The SMILES string of the molecule is COCCCCCNc1cc(C)cc([N+](=O)[O-])c1. The molecule has 0 amide bonds. The van der Waals surface area contributed by atoms with Gasteiger partial charge in [0, 0.05) is 38.1 Å². The summed E-state index contributed by atoms with van der Waals surface area (Å²) >= 11 is 0. The maximum atomic E-state index is 10.7. The molecule has 0 bridgehead atoms. The number of nitro benzene ring substituents is 1. The molecule has 0 saturated carbocycles. The molecule has 0 spiro atoms. The van der Waals surface area contributed by atoms with Gasteiger partial charge >= 0.3 is 0 Å². The minimum Gasteiger partial charge on any atom is -0.385 e. The maximum Gasteiger partial charge on any atom is 0.271 e. The number of hydrogen-bond donors (Lipinski definition) is 1. The van der Waals surface area contributed by atoms with Crippen LogP contribution in [0.3, 0.4) is 0 Å². The number of non-ortho nitro benzene ring substituents is 1. The molecule has 0 aliphatic heterocycles. The third-order valence-corrected chi connectivity index (χ3v) is 2.63. The lowest BCUT2D eigenvalue weighted by Crippen LogP contribution is -2.03. The summed E-state index contributed by atoms with van der Waals surface area (Å²) < 4.78 is 4.97. The molecule has 1 rings (SSSR count). The lowest BCUT2D eigenvalue weighted by atomic mass is 10.2. The van der Waals surface area contributed by atoms with Crippen LogP contribution in [0.25, 0.3) is 0 Å². The van der Waals surface area contributed by atoms with E-state index < -0.39 is 0 Å². The Morgan fingerprint density at radius 1 is 1.28 bits per heavy atom. The molecule has 0 saturated heterocycles. The van der Waals surface area contributed by atoms with Gasteiger partial charge in [0.2, 0.25) is 0 Å². The molecular weight excluding hydrogens is 232 g/mol. The smallest absolute Gasteiger partial charge is 0.271 e. The zero-order valence-electron chi connectivity index (χ0n) is 10.9. The van der Waals surface area contributed by atoms with Gasteiger partial charge in [-0.15, -0.1) is 0 Å². The van der Waals surface area contributed by atoms with Crippen LogP contribution in [-0.4, -0.2) is 25.2 Å². The average molecular weight is 252 g/mol. The Balaban J connectivity index is 2.40. The van der Waals surface area contributed by atoms with Gasteiger partial charge in [-0.1, -0.05) is 0 Å². The van der Waals surface area contributed by atoms with Crippen LogP contribution in [0.5, 0.6) is 0 Å². The van der Waals surface area contributed by atoms with Crippen molar-refractivity contribution in [3.05, 3.63) is 33.9 Å². The van der Waals surface area contributed by atoms with Crippen molar-refractivity contribution < 1.29 is 9.66 Å². The quantitative estimate of drug-likeness (QED) is 0.438. The van der Waals surface area contributed by atoms with Crippen LogP contribution in [0.4, 0.5) is 11.4 Å². The van der Waals surface area contributed by atoms with Crippen molar-refractivity contribution >= 4 is 11.4 Å². The first kappa shape index (κ1) is 14.4. The van der Waals surface area contributed by atoms with Gasteiger partial charge < -0.3 is 10.1 Å². The number of nitrogens with one attached hydrogen (secondary N) is 1. The number of anilines is 1. The summed E-state index contributed by atoms with van der Waals surface area (Å²) in [4.78, 5) is 10.4. The van der Waals surface area contributed by atoms with E-state index in [2.05, 4.69) is 5.32 Å². The number of unbranched alkanes of at least 4 members (excludes halogenated alkanes) is 2. The molecule has 0 aromatic heterocycles. The Morgan fingerprint density at radius 3 is 2.72 bits per heavy atom. The largest absolute Gasteiger partial charge is 0.385 e. The molecule has 0 radical (unpaired) electrons. The molecular formula is C13H20N2O3. The molecule has 1 aromatic rings. The van der Waals surface area contributed by atoms with E-state index in [4.69, 9.17) is 4.74 Å². The van der Waals surface area contributed by atoms with Crippen LogP contribution >= 0.6 is 0 Å². The second kappa shape index (κ2) is 7.66. The van der Waals surface area contributed by atoms with E-state index >= 15 is 0 Å². The van der Waals surface area contributed by atoms with Gasteiger partial charge in [0.1, 0.15) is 0 Å². The average Bonchev–Trinajstić information content (AvgIpc) is 2.33. The van der Waals surface area contributed by atoms with Gasteiger partial charge in [-0.2, -0.15) is 0 Å². The van der Waals surface area contributed by atoms with E-state index in [-0.39, 0.29) is 10.6 Å². The van der Waals surface area contributed by atoms with Crippen LogP contribution in [-0.2, 0) is 4.74 Å². The fourth-order valence-corrected chi connectivity index (χ4v) is 1.75. The Labute approximate surface area is 107 Å². The third kappa shape index (κ3) is 5.14. The van der Waals surface area contributed by atoms with Crippen LogP contribution in [0.2, 0.25) is 0 Å². The lowest BCUT2D eigenvalue weighted by Gasteiger charge is -2.07. The molecule has 1 aromatic carbocycles. The first-order chi connectivity index (χ1) is 8.63. The van der Waals surface area contributed by atoms with Gasteiger partial charge in [-0.3, -0.25) is 10.1 Å². The molecule has 0 aliphatic carbocycles. The van der Waals surface area contributed by atoms with Gasteiger partial charge in [-0.05, 0) is 37.8 Å². The lowest BCUT2D eigenvalue weighted by molar-refractivity contribution is -0.384. The highest BCUT2D eigenvalue weighted by Gasteiger charge is 2.07. The summed E-state index contributed by atoms with van der Waals surface area (Å²) in [5, 5.41) is 13.9. The van der Waals surface area contributed by atoms with Crippen molar-refractivity contribution in [1.82, 2.24) is 0 Å². The predicted octanol–water partition coefficient (Wildman–Crippen LogP) is 3.13. The zero-order valence-corrected chi connectivity index (χ0v) is 10.9. The maximum absolute atomic E-state index is 10.7. The summed E-state index contributed by atoms with van der Waals surface area (Å²) in [6.07, 6.45) is 3.17. The van der Waals surface area contributed by atoms with Crippen molar-refractivity contribution in [3.63, 3.8) is 0 Å². The molecule has 5 nitrogen and oxygen atoms in total. The van der Waals surface area contributed by atoms with Crippen molar-refractivity contribution in [1.29, 1.82) is 0 Å².